The van der Waals surface area contributed by atoms with E-state index in [-0.39, 0.29) is 16.5 Å². The van der Waals surface area contributed by atoms with E-state index in [9.17, 15) is 18.9 Å². The standard InChI is InChI=1S/C8H4BrF2N3O2/c9-1-5-6(7(10)11)4(2-12)3-13-8(5)14(15)16/h3,7H,1H2. The Kier molecular flexibility index (Phi) is 3.84. The van der Waals surface area contributed by atoms with Crippen molar-refractivity contribution in [3.8, 4) is 6.07 Å². The maximum atomic E-state index is 12.7. The lowest BCUT2D eigenvalue weighted by atomic mass is 10.1. The summed E-state index contributed by atoms with van der Waals surface area (Å²) < 4.78 is 25.4. The van der Waals surface area contributed by atoms with Crippen LogP contribution in [0.2, 0.25) is 0 Å². The van der Waals surface area contributed by atoms with Crippen LogP contribution in [0.5, 0.6) is 0 Å². The monoisotopic (exact) mass is 291 g/mol. The summed E-state index contributed by atoms with van der Waals surface area (Å²) in [6, 6.07) is 1.53. The van der Waals surface area contributed by atoms with Gasteiger partial charge in [-0.05, 0) is 9.91 Å². The summed E-state index contributed by atoms with van der Waals surface area (Å²) in [4.78, 5) is 13.1. The van der Waals surface area contributed by atoms with Gasteiger partial charge >= 0.3 is 5.82 Å². The summed E-state index contributed by atoms with van der Waals surface area (Å²) in [6.07, 6.45) is -2.17. The molecule has 1 rings (SSSR count). The largest absolute Gasteiger partial charge is 0.368 e. The van der Waals surface area contributed by atoms with Crippen molar-refractivity contribution >= 4 is 21.7 Å². The van der Waals surface area contributed by atoms with Gasteiger partial charge in [0.25, 0.3) is 6.43 Å². The third kappa shape index (κ3) is 2.14. The Hall–Kier alpha value is -1.62. The molecular formula is C8H4BrF2N3O2. The molecule has 0 aliphatic heterocycles. The van der Waals surface area contributed by atoms with Gasteiger partial charge in [-0.25, -0.2) is 8.78 Å². The van der Waals surface area contributed by atoms with Crippen molar-refractivity contribution in [2.45, 2.75) is 11.8 Å². The molecule has 5 nitrogen and oxygen atoms in total. The van der Waals surface area contributed by atoms with Gasteiger partial charge < -0.3 is 10.1 Å². The minimum atomic E-state index is -2.95. The molecule has 1 aromatic rings. The summed E-state index contributed by atoms with van der Waals surface area (Å²) in [5.41, 5.74) is -1.25. The number of nitrogens with zero attached hydrogens (tertiary/aromatic N) is 3. The Bertz CT molecular complexity index is 473. The number of nitriles is 1. The third-order valence-electron chi connectivity index (χ3n) is 1.85. The minimum Gasteiger partial charge on any atom is -0.358 e. The fourth-order valence-electron chi connectivity index (χ4n) is 1.18. The molecule has 1 aromatic heterocycles. The Balaban J connectivity index is 3.57. The smallest absolute Gasteiger partial charge is 0.358 e. The Morgan fingerprint density at radius 1 is 1.69 bits per heavy atom. The summed E-state index contributed by atoms with van der Waals surface area (Å²) in [5, 5.41) is 19.0. The van der Waals surface area contributed by atoms with Gasteiger partial charge in [0.15, 0.2) is 6.20 Å². The lowest BCUT2D eigenvalue weighted by molar-refractivity contribution is -0.390. The van der Waals surface area contributed by atoms with E-state index in [1.54, 1.807) is 0 Å². The molecule has 0 bridgehead atoms. The van der Waals surface area contributed by atoms with Gasteiger partial charge in [0.2, 0.25) is 0 Å². The molecule has 0 atom stereocenters. The highest BCUT2D eigenvalue weighted by Crippen LogP contribution is 2.32. The molecule has 0 aliphatic carbocycles. The second kappa shape index (κ2) is 4.94. The van der Waals surface area contributed by atoms with Crippen molar-refractivity contribution < 1.29 is 13.7 Å². The molecule has 1 heterocycles. The molecule has 0 aromatic carbocycles. The van der Waals surface area contributed by atoms with Crippen molar-refractivity contribution in [1.82, 2.24) is 4.98 Å². The van der Waals surface area contributed by atoms with Crippen LogP contribution < -0.4 is 0 Å². The number of pyridine rings is 1. The first kappa shape index (κ1) is 12.4. The highest BCUT2D eigenvalue weighted by molar-refractivity contribution is 9.08. The quantitative estimate of drug-likeness (QED) is 0.487. The third-order valence-corrected chi connectivity index (χ3v) is 2.41. The van der Waals surface area contributed by atoms with Gasteiger partial charge in [0.05, 0.1) is 11.1 Å². The molecule has 0 unspecified atom stereocenters. The molecule has 0 fully saturated rings. The molecular weight excluding hydrogens is 288 g/mol. The number of nitro groups is 1. The predicted molar refractivity (Wildman–Crippen MR) is 53.2 cm³/mol. The zero-order valence-corrected chi connectivity index (χ0v) is 9.24. The fourth-order valence-corrected chi connectivity index (χ4v) is 1.74. The SMILES string of the molecule is N#Cc1cnc([N+](=O)[O-])c(CBr)c1C(F)F. The highest BCUT2D eigenvalue weighted by Gasteiger charge is 2.27. The lowest BCUT2D eigenvalue weighted by Gasteiger charge is -2.07. The molecule has 0 amide bonds. The van der Waals surface area contributed by atoms with E-state index < -0.39 is 22.7 Å². The van der Waals surface area contributed by atoms with E-state index in [0.717, 1.165) is 6.20 Å². The van der Waals surface area contributed by atoms with Crippen LogP contribution in [0.15, 0.2) is 6.20 Å². The van der Waals surface area contributed by atoms with E-state index in [2.05, 4.69) is 20.9 Å². The van der Waals surface area contributed by atoms with E-state index >= 15 is 0 Å². The fraction of sp³-hybridized carbons (Fsp3) is 0.250. The van der Waals surface area contributed by atoms with E-state index in [1.807, 2.05) is 0 Å². The van der Waals surface area contributed by atoms with Crippen LogP contribution in [0.1, 0.15) is 23.1 Å². The normalized spacial score (nSPS) is 10.2. The van der Waals surface area contributed by atoms with Gasteiger partial charge in [-0.15, -0.1) is 0 Å². The Morgan fingerprint density at radius 2 is 2.31 bits per heavy atom. The highest BCUT2D eigenvalue weighted by atomic mass is 79.9. The van der Waals surface area contributed by atoms with Gasteiger partial charge in [-0.3, -0.25) is 0 Å². The number of alkyl halides is 3. The van der Waals surface area contributed by atoms with Crippen LogP contribution in [0.4, 0.5) is 14.6 Å². The van der Waals surface area contributed by atoms with Crippen molar-refractivity contribution in [2.24, 2.45) is 0 Å². The van der Waals surface area contributed by atoms with Crippen LogP contribution >= 0.6 is 15.9 Å². The first-order chi connectivity index (χ1) is 7.52. The number of rotatable bonds is 3. The Labute approximate surface area is 97.0 Å². The lowest BCUT2D eigenvalue weighted by Crippen LogP contribution is -2.04. The topological polar surface area (TPSA) is 79.8 Å². The summed E-state index contributed by atoms with van der Waals surface area (Å²) in [7, 11) is 0. The molecule has 0 saturated carbocycles. The molecule has 8 heteroatoms. The molecule has 0 aliphatic rings. The van der Waals surface area contributed by atoms with Gasteiger partial charge in [-0.2, -0.15) is 5.26 Å². The van der Waals surface area contributed by atoms with Crippen molar-refractivity contribution in [3.05, 3.63) is 33.0 Å². The number of halogens is 3. The van der Waals surface area contributed by atoms with Gasteiger partial charge in [-0.1, -0.05) is 15.9 Å². The number of aromatic nitrogens is 1. The van der Waals surface area contributed by atoms with E-state index in [1.165, 1.54) is 6.07 Å². The van der Waals surface area contributed by atoms with Crippen LogP contribution in [0.3, 0.4) is 0 Å². The average Bonchev–Trinajstić information content (AvgIpc) is 2.26. The summed E-state index contributed by atoms with van der Waals surface area (Å²) >= 11 is 2.87. The first-order valence-corrected chi connectivity index (χ1v) is 5.05. The predicted octanol–water partition coefficient (Wildman–Crippen LogP) is 2.69. The zero-order valence-electron chi connectivity index (χ0n) is 7.65. The number of hydrogen-bond donors (Lipinski definition) is 0. The van der Waals surface area contributed by atoms with Crippen molar-refractivity contribution in [2.75, 3.05) is 0 Å². The maximum Gasteiger partial charge on any atom is 0.368 e. The maximum absolute atomic E-state index is 12.7. The van der Waals surface area contributed by atoms with Crippen molar-refractivity contribution in [1.29, 1.82) is 5.26 Å². The number of hydrogen-bond acceptors (Lipinski definition) is 4. The summed E-state index contributed by atoms with van der Waals surface area (Å²) in [5.74, 6) is -0.661. The molecule has 0 saturated heterocycles. The van der Waals surface area contributed by atoms with Crippen LogP contribution in [0.25, 0.3) is 0 Å². The molecule has 84 valence electrons. The summed E-state index contributed by atoms with van der Waals surface area (Å²) in [6.45, 7) is 0. The first-order valence-electron chi connectivity index (χ1n) is 3.93. The van der Waals surface area contributed by atoms with Crippen molar-refractivity contribution in [3.63, 3.8) is 0 Å². The van der Waals surface area contributed by atoms with Gasteiger partial charge in [0, 0.05) is 5.33 Å². The van der Waals surface area contributed by atoms with E-state index in [0.29, 0.717) is 0 Å². The Morgan fingerprint density at radius 3 is 2.69 bits per heavy atom. The van der Waals surface area contributed by atoms with E-state index in [4.69, 9.17) is 5.26 Å². The molecule has 0 N–H and O–H groups in total. The van der Waals surface area contributed by atoms with Crippen LogP contribution in [0, 0.1) is 21.4 Å². The van der Waals surface area contributed by atoms with Gasteiger partial charge in [0.1, 0.15) is 11.6 Å². The second-order valence-corrected chi connectivity index (χ2v) is 3.25. The minimum absolute atomic E-state index is 0.161. The molecule has 0 radical (unpaired) electrons. The van der Waals surface area contributed by atoms with Crippen LogP contribution in [-0.4, -0.2) is 9.91 Å². The zero-order chi connectivity index (χ0) is 12.3. The second-order valence-electron chi connectivity index (χ2n) is 2.69. The van der Waals surface area contributed by atoms with Crippen LogP contribution in [-0.2, 0) is 5.33 Å². The molecule has 16 heavy (non-hydrogen) atoms. The average molecular weight is 292 g/mol. The molecule has 0 spiro atoms.